The van der Waals surface area contributed by atoms with E-state index >= 15 is 0 Å². The Morgan fingerprint density at radius 1 is 0.867 bits per heavy atom. The first-order valence-electron chi connectivity index (χ1n) is 4.87. The van der Waals surface area contributed by atoms with E-state index in [0.29, 0.717) is 0 Å². The highest BCUT2D eigenvalue weighted by molar-refractivity contribution is 5.79. The van der Waals surface area contributed by atoms with Gasteiger partial charge in [-0.25, -0.2) is 0 Å². The molecule has 2 aromatic rings. The fourth-order valence-electron chi connectivity index (χ4n) is 1.53. The summed E-state index contributed by atoms with van der Waals surface area (Å²) in [7, 11) is 0. The first kappa shape index (κ1) is 9.53. The van der Waals surface area contributed by atoms with Gasteiger partial charge >= 0.3 is 0 Å². The van der Waals surface area contributed by atoms with Crippen molar-refractivity contribution in [2.75, 3.05) is 5.73 Å². The fraction of sp³-hybridized carbons (Fsp3) is 0. The van der Waals surface area contributed by atoms with Crippen molar-refractivity contribution in [2.24, 2.45) is 0 Å². The maximum atomic E-state index is 5.73. The summed E-state index contributed by atoms with van der Waals surface area (Å²) in [5.74, 6) is 0. The van der Waals surface area contributed by atoms with Crippen LogP contribution in [-0.4, -0.2) is 0 Å². The Morgan fingerprint density at radius 3 is 2.20 bits per heavy atom. The second-order valence-electron chi connectivity index (χ2n) is 3.47. The highest BCUT2D eigenvalue weighted by Crippen LogP contribution is 2.22. The maximum absolute atomic E-state index is 5.73. The normalized spacial score (nSPS) is 9.87. The van der Waals surface area contributed by atoms with Gasteiger partial charge in [0.25, 0.3) is 0 Å². The lowest BCUT2D eigenvalue weighted by atomic mass is 9.99. The number of benzene rings is 2. The van der Waals surface area contributed by atoms with E-state index in [0.717, 1.165) is 22.4 Å². The van der Waals surface area contributed by atoms with Crippen LogP contribution in [0.5, 0.6) is 0 Å². The zero-order chi connectivity index (χ0) is 10.7. The van der Waals surface area contributed by atoms with Crippen LogP contribution in [0.1, 0.15) is 11.1 Å². The SMILES string of the molecule is C=C(c1ccccc1)c1cccc(N)c1. The summed E-state index contributed by atoms with van der Waals surface area (Å²) in [4.78, 5) is 0. The molecule has 2 rings (SSSR count). The minimum Gasteiger partial charge on any atom is -0.399 e. The first-order chi connectivity index (χ1) is 7.27. The summed E-state index contributed by atoms with van der Waals surface area (Å²) in [6, 6.07) is 17.9. The van der Waals surface area contributed by atoms with Crippen molar-refractivity contribution in [3.8, 4) is 0 Å². The molecule has 0 fully saturated rings. The molecule has 0 aliphatic carbocycles. The molecule has 74 valence electrons. The molecule has 1 nitrogen and oxygen atoms in total. The molecule has 0 saturated carbocycles. The molecule has 0 spiro atoms. The molecule has 0 radical (unpaired) electrons. The predicted molar refractivity (Wildman–Crippen MR) is 65.4 cm³/mol. The average molecular weight is 195 g/mol. The second kappa shape index (κ2) is 4.01. The van der Waals surface area contributed by atoms with Crippen molar-refractivity contribution in [2.45, 2.75) is 0 Å². The second-order valence-corrected chi connectivity index (χ2v) is 3.47. The zero-order valence-electron chi connectivity index (χ0n) is 8.48. The Morgan fingerprint density at radius 2 is 1.53 bits per heavy atom. The fourth-order valence-corrected chi connectivity index (χ4v) is 1.53. The third-order valence-corrected chi connectivity index (χ3v) is 2.36. The first-order valence-corrected chi connectivity index (χ1v) is 4.87. The molecule has 2 aromatic carbocycles. The van der Waals surface area contributed by atoms with E-state index in [1.165, 1.54) is 0 Å². The van der Waals surface area contributed by atoms with Crippen molar-refractivity contribution >= 4 is 11.3 Å². The minimum absolute atomic E-state index is 0.768. The lowest BCUT2D eigenvalue weighted by Gasteiger charge is -2.06. The number of hydrogen-bond donors (Lipinski definition) is 1. The topological polar surface area (TPSA) is 26.0 Å². The van der Waals surface area contributed by atoms with Crippen LogP contribution in [0.3, 0.4) is 0 Å². The smallest absolute Gasteiger partial charge is 0.0320 e. The molecule has 0 aliphatic rings. The van der Waals surface area contributed by atoms with Gasteiger partial charge in [0.15, 0.2) is 0 Å². The van der Waals surface area contributed by atoms with E-state index < -0.39 is 0 Å². The molecular weight excluding hydrogens is 182 g/mol. The molecule has 0 heterocycles. The lowest BCUT2D eigenvalue weighted by Crippen LogP contribution is -1.89. The van der Waals surface area contributed by atoms with Crippen LogP contribution < -0.4 is 5.73 Å². The van der Waals surface area contributed by atoms with Gasteiger partial charge in [0, 0.05) is 5.69 Å². The third-order valence-electron chi connectivity index (χ3n) is 2.36. The maximum Gasteiger partial charge on any atom is 0.0320 e. The molecule has 0 bridgehead atoms. The van der Waals surface area contributed by atoms with E-state index in [4.69, 9.17) is 5.73 Å². The van der Waals surface area contributed by atoms with Crippen molar-refractivity contribution in [3.63, 3.8) is 0 Å². The minimum atomic E-state index is 0.768. The van der Waals surface area contributed by atoms with Crippen molar-refractivity contribution in [1.29, 1.82) is 0 Å². The molecule has 0 aromatic heterocycles. The molecule has 0 amide bonds. The largest absolute Gasteiger partial charge is 0.399 e. The monoisotopic (exact) mass is 195 g/mol. The van der Waals surface area contributed by atoms with Crippen LogP contribution in [0.15, 0.2) is 61.2 Å². The summed E-state index contributed by atoms with van der Waals surface area (Å²) in [6.45, 7) is 4.08. The van der Waals surface area contributed by atoms with Gasteiger partial charge < -0.3 is 5.73 Å². The summed E-state index contributed by atoms with van der Waals surface area (Å²) in [6.07, 6.45) is 0. The number of nitrogens with two attached hydrogens (primary N) is 1. The van der Waals surface area contributed by atoms with Gasteiger partial charge in [-0.3, -0.25) is 0 Å². The van der Waals surface area contributed by atoms with E-state index in [1.807, 2.05) is 54.6 Å². The summed E-state index contributed by atoms with van der Waals surface area (Å²) in [5.41, 5.74) is 9.70. The predicted octanol–water partition coefficient (Wildman–Crippen LogP) is 3.33. The summed E-state index contributed by atoms with van der Waals surface area (Å²) < 4.78 is 0. The Kier molecular flexibility index (Phi) is 2.55. The highest BCUT2D eigenvalue weighted by atomic mass is 14.5. The molecule has 2 N–H and O–H groups in total. The van der Waals surface area contributed by atoms with Crippen LogP contribution in [0.2, 0.25) is 0 Å². The number of rotatable bonds is 2. The summed E-state index contributed by atoms with van der Waals surface area (Å²) >= 11 is 0. The third kappa shape index (κ3) is 2.08. The Hall–Kier alpha value is -2.02. The van der Waals surface area contributed by atoms with Gasteiger partial charge in [-0.15, -0.1) is 0 Å². The van der Waals surface area contributed by atoms with Gasteiger partial charge in [-0.1, -0.05) is 49.0 Å². The molecule has 0 saturated heterocycles. The number of nitrogen functional groups attached to an aromatic ring is 1. The van der Waals surface area contributed by atoms with Crippen molar-refractivity contribution in [3.05, 3.63) is 72.3 Å². The number of anilines is 1. The molecule has 15 heavy (non-hydrogen) atoms. The van der Waals surface area contributed by atoms with Crippen molar-refractivity contribution < 1.29 is 0 Å². The highest BCUT2D eigenvalue weighted by Gasteiger charge is 2.01. The van der Waals surface area contributed by atoms with E-state index in [-0.39, 0.29) is 0 Å². The average Bonchev–Trinajstić information content (AvgIpc) is 2.29. The lowest BCUT2D eigenvalue weighted by molar-refractivity contribution is 1.55. The Labute approximate surface area is 89.9 Å². The molecule has 0 aliphatic heterocycles. The molecule has 0 unspecified atom stereocenters. The van der Waals surface area contributed by atoms with Crippen LogP contribution >= 0.6 is 0 Å². The zero-order valence-corrected chi connectivity index (χ0v) is 8.48. The van der Waals surface area contributed by atoms with Crippen LogP contribution in [0, 0.1) is 0 Å². The Bertz CT molecular complexity index is 472. The van der Waals surface area contributed by atoms with E-state index in [2.05, 4.69) is 6.58 Å². The molecule has 0 atom stereocenters. The number of hydrogen-bond acceptors (Lipinski definition) is 1. The molecule has 1 heteroatoms. The van der Waals surface area contributed by atoms with Gasteiger partial charge in [0.1, 0.15) is 0 Å². The van der Waals surface area contributed by atoms with Crippen LogP contribution in [0.4, 0.5) is 5.69 Å². The van der Waals surface area contributed by atoms with E-state index in [9.17, 15) is 0 Å². The molecular formula is C14H13N. The van der Waals surface area contributed by atoms with Gasteiger partial charge in [0.05, 0.1) is 0 Å². The Balaban J connectivity index is 2.37. The van der Waals surface area contributed by atoms with Crippen LogP contribution in [-0.2, 0) is 0 Å². The van der Waals surface area contributed by atoms with Crippen molar-refractivity contribution in [1.82, 2.24) is 0 Å². The van der Waals surface area contributed by atoms with Crippen LogP contribution in [0.25, 0.3) is 5.57 Å². The van der Waals surface area contributed by atoms with Gasteiger partial charge in [-0.2, -0.15) is 0 Å². The standard InChI is InChI=1S/C14H13N/c1-11(12-6-3-2-4-7-12)13-8-5-9-14(15)10-13/h2-10H,1,15H2. The van der Waals surface area contributed by atoms with E-state index in [1.54, 1.807) is 0 Å². The quantitative estimate of drug-likeness (QED) is 0.731. The van der Waals surface area contributed by atoms with Gasteiger partial charge in [-0.05, 0) is 28.8 Å². The summed E-state index contributed by atoms with van der Waals surface area (Å²) in [5, 5.41) is 0. The van der Waals surface area contributed by atoms with Gasteiger partial charge in [0.2, 0.25) is 0 Å².